The fraction of sp³-hybridized carbons (Fsp3) is 0.176. The van der Waals surface area contributed by atoms with Gasteiger partial charge in [-0.2, -0.15) is 0 Å². The summed E-state index contributed by atoms with van der Waals surface area (Å²) >= 11 is 3.31. The van der Waals surface area contributed by atoms with Crippen LogP contribution < -0.4 is 5.32 Å². The lowest BCUT2D eigenvalue weighted by molar-refractivity contribution is 0.102. The summed E-state index contributed by atoms with van der Waals surface area (Å²) in [6.45, 7) is 4.07. The van der Waals surface area contributed by atoms with Crippen molar-refractivity contribution in [1.29, 1.82) is 0 Å². The van der Waals surface area contributed by atoms with Crippen LogP contribution in [0.1, 0.15) is 22.3 Å². The van der Waals surface area contributed by atoms with Crippen molar-refractivity contribution in [1.82, 2.24) is 4.98 Å². The molecule has 3 rings (SSSR count). The summed E-state index contributed by atoms with van der Waals surface area (Å²) in [6.07, 6.45) is 0. The Balaban J connectivity index is 1.86. The monoisotopic (exact) mass is 328 g/mol. The highest BCUT2D eigenvalue weighted by Crippen LogP contribution is 2.26. The molecule has 0 radical (unpaired) electrons. The Bertz CT molecular complexity index is 826. The highest BCUT2D eigenvalue weighted by Gasteiger charge is 2.11. The van der Waals surface area contributed by atoms with Crippen molar-refractivity contribution in [3.63, 3.8) is 0 Å². The van der Waals surface area contributed by atoms with E-state index in [1.54, 1.807) is 23.1 Å². The third-order valence-electron chi connectivity index (χ3n) is 3.18. The fourth-order valence-corrected chi connectivity index (χ4v) is 3.92. The Morgan fingerprint density at radius 2 is 2.09 bits per heavy atom. The van der Waals surface area contributed by atoms with Crippen molar-refractivity contribution in [2.75, 3.05) is 11.1 Å². The zero-order valence-corrected chi connectivity index (χ0v) is 14.1. The molecule has 2 aromatic carbocycles. The number of carbonyl (C=O) groups is 1. The SMILES string of the molecule is CCSc1ccccc1C(=O)Nc1ccc2nc(C)sc2c1. The number of hydrogen-bond donors (Lipinski definition) is 1. The number of thioether (sulfide) groups is 1. The second kappa shape index (κ2) is 6.50. The van der Waals surface area contributed by atoms with E-state index >= 15 is 0 Å². The molecule has 3 aromatic rings. The van der Waals surface area contributed by atoms with Gasteiger partial charge in [-0.15, -0.1) is 23.1 Å². The number of aryl methyl sites for hydroxylation is 1. The smallest absolute Gasteiger partial charge is 0.256 e. The van der Waals surface area contributed by atoms with Gasteiger partial charge in [0.1, 0.15) is 0 Å². The number of anilines is 1. The highest BCUT2D eigenvalue weighted by atomic mass is 32.2. The number of benzene rings is 2. The summed E-state index contributed by atoms with van der Waals surface area (Å²) in [5.41, 5.74) is 2.50. The van der Waals surface area contributed by atoms with E-state index in [4.69, 9.17) is 0 Å². The number of fused-ring (bicyclic) bond motifs is 1. The van der Waals surface area contributed by atoms with Crippen LogP contribution in [0.3, 0.4) is 0 Å². The van der Waals surface area contributed by atoms with Crippen LogP contribution in [0.25, 0.3) is 10.2 Å². The average molecular weight is 328 g/mol. The van der Waals surface area contributed by atoms with Crippen LogP contribution in [0.2, 0.25) is 0 Å². The molecular weight excluding hydrogens is 312 g/mol. The summed E-state index contributed by atoms with van der Waals surface area (Å²) in [7, 11) is 0. The zero-order valence-electron chi connectivity index (χ0n) is 12.4. The molecule has 3 nitrogen and oxygen atoms in total. The molecule has 0 saturated heterocycles. The van der Waals surface area contributed by atoms with E-state index in [1.807, 2.05) is 49.4 Å². The second-order valence-corrected chi connectivity index (χ2v) is 7.34. The van der Waals surface area contributed by atoms with E-state index in [2.05, 4.69) is 17.2 Å². The van der Waals surface area contributed by atoms with Gasteiger partial charge >= 0.3 is 0 Å². The summed E-state index contributed by atoms with van der Waals surface area (Å²) in [4.78, 5) is 18.0. The quantitative estimate of drug-likeness (QED) is 0.688. The molecule has 22 heavy (non-hydrogen) atoms. The van der Waals surface area contributed by atoms with Gasteiger partial charge in [-0.1, -0.05) is 19.1 Å². The molecule has 1 aromatic heterocycles. The number of hydrogen-bond acceptors (Lipinski definition) is 4. The zero-order chi connectivity index (χ0) is 15.5. The van der Waals surface area contributed by atoms with Crippen LogP contribution in [0.15, 0.2) is 47.4 Å². The number of carbonyl (C=O) groups excluding carboxylic acids is 1. The van der Waals surface area contributed by atoms with Crippen molar-refractivity contribution in [3.8, 4) is 0 Å². The van der Waals surface area contributed by atoms with Crippen LogP contribution in [0, 0.1) is 6.92 Å². The predicted octanol–water partition coefficient (Wildman–Crippen LogP) is 4.97. The van der Waals surface area contributed by atoms with Crippen molar-refractivity contribution in [2.45, 2.75) is 18.7 Å². The molecular formula is C17H16N2OS2. The first-order valence-corrected chi connectivity index (χ1v) is 8.88. The molecule has 112 valence electrons. The van der Waals surface area contributed by atoms with Gasteiger partial charge in [-0.25, -0.2) is 4.98 Å². The fourth-order valence-electron chi connectivity index (χ4n) is 2.25. The third kappa shape index (κ3) is 3.15. The Kier molecular flexibility index (Phi) is 4.45. The second-order valence-electron chi connectivity index (χ2n) is 4.80. The summed E-state index contributed by atoms with van der Waals surface area (Å²) in [5, 5.41) is 4.02. The summed E-state index contributed by atoms with van der Waals surface area (Å²) in [6, 6.07) is 13.5. The van der Waals surface area contributed by atoms with Crippen LogP contribution in [0.4, 0.5) is 5.69 Å². The molecule has 0 aliphatic rings. The van der Waals surface area contributed by atoms with Gasteiger partial charge in [0.25, 0.3) is 5.91 Å². The number of aromatic nitrogens is 1. The van der Waals surface area contributed by atoms with Gasteiger partial charge in [0.15, 0.2) is 0 Å². The standard InChI is InChI=1S/C17H16N2OS2/c1-3-21-15-7-5-4-6-13(15)17(20)19-12-8-9-14-16(10-12)22-11(2)18-14/h4-10H,3H2,1-2H3,(H,19,20). The first-order valence-electron chi connectivity index (χ1n) is 7.07. The molecule has 0 saturated carbocycles. The van der Waals surface area contributed by atoms with Gasteiger partial charge in [-0.05, 0) is 43.0 Å². The normalized spacial score (nSPS) is 10.8. The maximum Gasteiger partial charge on any atom is 0.256 e. The van der Waals surface area contributed by atoms with Crippen molar-refractivity contribution >= 4 is 44.9 Å². The van der Waals surface area contributed by atoms with E-state index in [9.17, 15) is 4.79 Å². The Hall–Kier alpha value is -1.85. The molecule has 1 N–H and O–H groups in total. The van der Waals surface area contributed by atoms with Crippen molar-refractivity contribution < 1.29 is 4.79 Å². The average Bonchev–Trinajstić information content (AvgIpc) is 2.87. The minimum absolute atomic E-state index is 0.0721. The molecule has 0 unspecified atom stereocenters. The molecule has 0 aliphatic carbocycles. The Morgan fingerprint density at radius 1 is 1.27 bits per heavy atom. The van der Waals surface area contributed by atoms with Crippen molar-refractivity contribution in [3.05, 3.63) is 53.0 Å². The van der Waals surface area contributed by atoms with Crippen LogP contribution in [0.5, 0.6) is 0 Å². The molecule has 0 aliphatic heterocycles. The number of nitrogens with one attached hydrogen (secondary N) is 1. The van der Waals surface area contributed by atoms with Crippen LogP contribution in [-0.2, 0) is 0 Å². The van der Waals surface area contributed by atoms with E-state index in [0.717, 1.165) is 37.1 Å². The van der Waals surface area contributed by atoms with E-state index in [0.29, 0.717) is 0 Å². The van der Waals surface area contributed by atoms with Gasteiger partial charge < -0.3 is 5.32 Å². The van der Waals surface area contributed by atoms with E-state index in [1.165, 1.54) is 0 Å². The molecule has 0 bridgehead atoms. The van der Waals surface area contributed by atoms with Crippen LogP contribution >= 0.6 is 23.1 Å². The van der Waals surface area contributed by atoms with E-state index in [-0.39, 0.29) is 5.91 Å². The predicted molar refractivity (Wildman–Crippen MR) is 95.2 cm³/mol. The summed E-state index contributed by atoms with van der Waals surface area (Å²) in [5.74, 6) is 0.869. The molecule has 5 heteroatoms. The lowest BCUT2D eigenvalue weighted by Crippen LogP contribution is -2.12. The lowest BCUT2D eigenvalue weighted by atomic mass is 10.2. The van der Waals surface area contributed by atoms with Crippen LogP contribution in [-0.4, -0.2) is 16.6 Å². The summed E-state index contributed by atoms with van der Waals surface area (Å²) < 4.78 is 1.09. The third-order valence-corrected chi connectivity index (χ3v) is 5.07. The van der Waals surface area contributed by atoms with Gasteiger partial charge in [0.2, 0.25) is 0 Å². The number of amides is 1. The largest absolute Gasteiger partial charge is 0.322 e. The Morgan fingerprint density at radius 3 is 2.91 bits per heavy atom. The topological polar surface area (TPSA) is 42.0 Å². The van der Waals surface area contributed by atoms with E-state index < -0.39 is 0 Å². The maximum absolute atomic E-state index is 12.5. The minimum atomic E-state index is -0.0721. The molecule has 1 heterocycles. The maximum atomic E-state index is 12.5. The first kappa shape index (κ1) is 15.1. The molecule has 0 spiro atoms. The number of thiazole rings is 1. The lowest BCUT2D eigenvalue weighted by Gasteiger charge is -2.09. The van der Waals surface area contributed by atoms with Crippen molar-refractivity contribution in [2.24, 2.45) is 0 Å². The minimum Gasteiger partial charge on any atom is -0.322 e. The number of nitrogens with zero attached hydrogens (tertiary/aromatic N) is 1. The highest BCUT2D eigenvalue weighted by molar-refractivity contribution is 7.99. The van der Waals surface area contributed by atoms with Gasteiger partial charge in [-0.3, -0.25) is 4.79 Å². The molecule has 0 fully saturated rings. The van der Waals surface area contributed by atoms with Gasteiger partial charge in [0, 0.05) is 10.6 Å². The Labute approximate surface area is 137 Å². The first-order chi connectivity index (χ1) is 10.7. The number of rotatable bonds is 4. The molecule has 0 atom stereocenters. The van der Waals surface area contributed by atoms with Gasteiger partial charge in [0.05, 0.1) is 20.8 Å². The molecule has 1 amide bonds.